The van der Waals surface area contributed by atoms with Gasteiger partial charge in [-0.05, 0) is 40.3 Å². The number of thioether (sulfide) groups is 1. The smallest absolute Gasteiger partial charge is 0.210 e. The third kappa shape index (κ3) is 3.62. The Balaban J connectivity index is 1.41. The van der Waals surface area contributed by atoms with Crippen LogP contribution in [-0.4, -0.2) is 32.5 Å². The van der Waals surface area contributed by atoms with Gasteiger partial charge < -0.3 is 13.7 Å². The minimum absolute atomic E-state index is 0.579. The zero-order valence-electron chi connectivity index (χ0n) is 13.9. The minimum Gasteiger partial charge on any atom is -0.497 e. The van der Waals surface area contributed by atoms with Gasteiger partial charge in [0.25, 0.3) is 0 Å². The summed E-state index contributed by atoms with van der Waals surface area (Å²) >= 11 is 1.49. The zero-order valence-corrected chi connectivity index (χ0v) is 14.7. The van der Waals surface area contributed by atoms with Gasteiger partial charge in [-0.1, -0.05) is 29.1 Å². The molecule has 0 amide bonds. The first-order chi connectivity index (χ1) is 12.8. The second-order valence-electron chi connectivity index (χ2n) is 5.42. The van der Waals surface area contributed by atoms with E-state index in [0.717, 1.165) is 17.0 Å². The van der Waals surface area contributed by atoms with Gasteiger partial charge in [0.2, 0.25) is 10.9 Å². The van der Waals surface area contributed by atoms with E-state index in [0.29, 0.717) is 29.0 Å². The number of hydrogen-bond acceptors (Lipinski definition) is 8. The second-order valence-corrected chi connectivity index (χ2v) is 6.36. The summed E-state index contributed by atoms with van der Waals surface area (Å²) in [6.07, 6.45) is 1.60. The largest absolute Gasteiger partial charge is 0.497 e. The lowest BCUT2D eigenvalue weighted by atomic mass is 10.2. The predicted molar refractivity (Wildman–Crippen MR) is 93.7 cm³/mol. The number of hydrogen-bond donors (Lipinski definition) is 0. The fourth-order valence-corrected chi connectivity index (χ4v) is 3.11. The lowest BCUT2D eigenvalue weighted by Gasteiger charge is -2.05. The summed E-state index contributed by atoms with van der Waals surface area (Å²) < 4.78 is 17.5. The molecule has 4 aromatic rings. The molecule has 0 aliphatic rings. The van der Waals surface area contributed by atoms with Gasteiger partial charge in [-0.25, -0.2) is 4.68 Å². The molecule has 0 unspecified atom stereocenters. The van der Waals surface area contributed by atoms with Gasteiger partial charge in [-0.3, -0.25) is 0 Å². The Morgan fingerprint density at radius 3 is 2.81 bits per heavy atom. The Morgan fingerprint density at radius 1 is 1.15 bits per heavy atom. The van der Waals surface area contributed by atoms with Crippen LogP contribution in [0.5, 0.6) is 5.75 Å². The van der Waals surface area contributed by atoms with Crippen LogP contribution < -0.4 is 4.74 Å². The summed E-state index contributed by atoms with van der Waals surface area (Å²) in [6.45, 7) is 0.579. The first-order valence-electron chi connectivity index (χ1n) is 7.83. The summed E-state index contributed by atoms with van der Waals surface area (Å²) in [7, 11) is 1.65. The van der Waals surface area contributed by atoms with Crippen LogP contribution in [-0.2, 0) is 12.3 Å². The number of benzene rings is 1. The Hall–Kier alpha value is -3.07. The quantitative estimate of drug-likeness (QED) is 0.458. The van der Waals surface area contributed by atoms with E-state index in [4.69, 9.17) is 13.7 Å². The van der Waals surface area contributed by atoms with Crippen LogP contribution in [0.3, 0.4) is 0 Å². The summed E-state index contributed by atoms with van der Waals surface area (Å²) in [5, 5.41) is 16.7. The average Bonchev–Trinajstić information content (AvgIpc) is 3.42. The highest BCUT2D eigenvalue weighted by Gasteiger charge is 2.12. The van der Waals surface area contributed by atoms with Crippen LogP contribution in [0.1, 0.15) is 11.3 Å². The molecule has 0 aliphatic carbocycles. The molecule has 0 saturated carbocycles. The van der Waals surface area contributed by atoms with Crippen molar-refractivity contribution in [3.8, 4) is 17.3 Å². The molecule has 8 nitrogen and oxygen atoms in total. The van der Waals surface area contributed by atoms with Gasteiger partial charge in [0.1, 0.15) is 5.75 Å². The van der Waals surface area contributed by atoms with Gasteiger partial charge in [0, 0.05) is 11.8 Å². The number of methoxy groups -OCH3 is 1. The van der Waals surface area contributed by atoms with Crippen molar-refractivity contribution in [3.63, 3.8) is 0 Å². The minimum atomic E-state index is 0.579. The Labute approximate surface area is 153 Å². The van der Waals surface area contributed by atoms with Gasteiger partial charge in [-0.15, -0.1) is 5.10 Å². The lowest BCUT2D eigenvalue weighted by Crippen LogP contribution is -2.04. The molecular formula is C17H15N5O3S. The zero-order chi connectivity index (χ0) is 17.8. The summed E-state index contributed by atoms with van der Waals surface area (Å²) in [5.41, 5.74) is 1.88. The summed E-state index contributed by atoms with van der Waals surface area (Å²) in [5.74, 6) is 2.66. The van der Waals surface area contributed by atoms with Crippen LogP contribution in [0, 0.1) is 0 Å². The number of tetrazole rings is 1. The van der Waals surface area contributed by atoms with Gasteiger partial charge in [0.05, 0.1) is 25.6 Å². The number of rotatable bonds is 7. The molecule has 0 fully saturated rings. The standard InChI is InChI=1S/C17H15N5O3S/c1-23-14-6-4-12(5-7-14)10-22-17(18-20-21-22)26-11-13-9-16(25-19-13)15-3-2-8-24-15/h2-9H,10-11H2,1H3. The van der Waals surface area contributed by atoms with E-state index >= 15 is 0 Å². The maximum Gasteiger partial charge on any atom is 0.210 e. The number of nitrogens with zero attached hydrogens (tertiary/aromatic N) is 5. The van der Waals surface area contributed by atoms with E-state index in [-0.39, 0.29) is 0 Å². The molecule has 0 N–H and O–H groups in total. The fourth-order valence-electron chi connectivity index (χ4n) is 2.36. The van der Waals surface area contributed by atoms with Crippen molar-refractivity contribution in [2.24, 2.45) is 0 Å². The Morgan fingerprint density at radius 2 is 2.04 bits per heavy atom. The average molecular weight is 369 g/mol. The van der Waals surface area contributed by atoms with Crippen LogP contribution in [0.15, 0.2) is 62.8 Å². The summed E-state index contributed by atoms with van der Waals surface area (Å²) in [6, 6.07) is 13.3. The molecule has 0 bridgehead atoms. The Bertz CT molecular complexity index is 963. The van der Waals surface area contributed by atoms with E-state index in [1.165, 1.54) is 11.8 Å². The molecule has 132 valence electrons. The second kappa shape index (κ2) is 7.44. The van der Waals surface area contributed by atoms with Gasteiger partial charge in [-0.2, -0.15) is 0 Å². The van der Waals surface area contributed by atoms with E-state index in [1.807, 2.05) is 36.4 Å². The SMILES string of the molecule is COc1ccc(Cn2nnnc2SCc2cc(-c3ccco3)on2)cc1. The number of ether oxygens (including phenoxy) is 1. The van der Waals surface area contributed by atoms with Crippen LogP contribution >= 0.6 is 11.8 Å². The van der Waals surface area contributed by atoms with Crippen LogP contribution in [0.2, 0.25) is 0 Å². The van der Waals surface area contributed by atoms with Crippen molar-refractivity contribution >= 4 is 11.8 Å². The number of aromatic nitrogens is 5. The molecule has 0 aliphatic heterocycles. The highest BCUT2D eigenvalue weighted by molar-refractivity contribution is 7.98. The van der Waals surface area contributed by atoms with E-state index in [2.05, 4.69) is 20.7 Å². The molecule has 0 saturated heterocycles. The van der Waals surface area contributed by atoms with E-state index in [9.17, 15) is 0 Å². The molecule has 3 heterocycles. The van der Waals surface area contributed by atoms with E-state index < -0.39 is 0 Å². The van der Waals surface area contributed by atoms with Crippen molar-refractivity contribution in [3.05, 3.63) is 60.0 Å². The highest BCUT2D eigenvalue weighted by Crippen LogP contribution is 2.25. The third-order valence-electron chi connectivity index (χ3n) is 3.66. The molecule has 0 atom stereocenters. The highest BCUT2D eigenvalue weighted by atomic mass is 32.2. The monoisotopic (exact) mass is 369 g/mol. The molecule has 0 spiro atoms. The maximum absolute atomic E-state index is 5.30. The third-order valence-corrected chi connectivity index (χ3v) is 4.65. The van der Waals surface area contributed by atoms with Gasteiger partial charge >= 0.3 is 0 Å². The Kier molecular flexibility index (Phi) is 4.69. The van der Waals surface area contributed by atoms with Crippen molar-refractivity contribution in [1.29, 1.82) is 0 Å². The van der Waals surface area contributed by atoms with Crippen LogP contribution in [0.4, 0.5) is 0 Å². The lowest BCUT2D eigenvalue weighted by molar-refractivity contribution is 0.413. The molecule has 4 rings (SSSR count). The van der Waals surface area contributed by atoms with E-state index in [1.54, 1.807) is 24.1 Å². The van der Waals surface area contributed by atoms with Crippen molar-refractivity contribution in [2.45, 2.75) is 17.5 Å². The van der Waals surface area contributed by atoms with Crippen molar-refractivity contribution < 1.29 is 13.7 Å². The van der Waals surface area contributed by atoms with Crippen molar-refractivity contribution in [2.75, 3.05) is 7.11 Å². The van der Waals surface area contributed by atoms with Crippen molar-refractivity contribution in [1.82, 2.24) is 25.4 Å². The molecule has 0 radical (unpaired) electrons. The van der Waals surface area contributed by atoms with Gasteiger partial charge in [0.15, 0.2) is 5.76 Å². The topological polar surface area (TPSA) is 92.0 Å². The van der Waals surface area contributed by atoms with Crippen LogP contribution in [0.25, 0.3) is 11.5 Å². The number of furan rings is 1. The normalized spacial score (nSPS) is 11.0. The predicted octanol–water partition coefficient (Wildman–Crippen LogP) is 3.27. The summed E-state index contributed by atoms with van der Waals surface area (Å²) in [4.78, 5) is 0. The fraction of sp³-hybridized carbons (Fsp3) is 0.176. The molecule has 3 aromatic heterocycles. The molecular weight excluding hydrogens is 354 g/mol. The first-order valence-corrected chi connectivity index (χ1v) is 8.82. The molecule has 26 heavy (non-hydrogen) atoms. The first kappa shape index (κ1) is 16.4. The maximum atomic E-state index is 5.30. The molecule has 1 aromatic carbocycles. The molecule has 9 heteroatoms.